The van der Waals surface area contributed by atoms with Crippen molar-refractivity contribution < 1.29 is 30.2 Å². The van der Waals surface area contributed by atoms with Crippen molar-refractivity contribution in [2.45, 2.75) is 12.0 Å². The maximum absolute atomic E-state index is 12.2. The first kappa shape index (κ1) is 8.72. The molecule has 0 aromatic rings. The normalized spacial score (nSPS) is 36.4. The lowest BCUT2D eigenvalue weighted by Crippen LogP contribution is -2.58. The minimum Gasteiger partial charge on any atom is -0.219 e. The third-order valence-electron chi connectivity index (χ3n) is 1.04. The van der Waals surface area contributed by atoms with Gasteiger partial charge in [-0.05, 0) is 0 Å². The Kier molecular flexibility index (Phi) is 1.48. The molecule has 1 rings (SSSR count). The molecule has 0 radical (unpaired) electrons. The van der Waals surface area contributed by atoms with Gasteiger partial charge < -0.3 is 0 Å². The van der Waals surface area contributed by atoms with E-state index < -0.39 is 27.9 Å². The molecular formula is C3H2F4O3S. The molecule has 1 heterocycles. The van der Waals surface area contributed by atoms with Crippen LogP contribution >= 0.6 is 0 Å². The van der Waals surface area contributed by atoms with Crippen LogP contribution in [-0.4, -0.2) is 26.2 Å². The summed E-state index contributed by atoms with van der Waals surface area (Å²) >= 11 is 0. The number of hydrogen-bond acceptors (Lipinski definition) is 3. The van der Waals surface area contributed by atoms with Crippen LogP contribution in [0.1, 0.15) is 0 Å². The summed E-state index contributed by atoms with van der Waals surface area (Å²) in [5, 5.41) is 0. The minimum atomic E-state index is -5.28. The first-order chi connectivity index (χ1) is 4.66. The van der Waals surface area contributed by atoms with Gasteiger partial charge >= 0.3 is 12.0 Å². The van der Waals surface area contributed by atoms with E-state index in [0.29, 0.717) is 0 Å². The second kappa shape index (κ2) is 1.86. The summed E-state index contributed by atoms with van der Waals surface area (Å²) < 4.78 is 69.6. The zero-order chi connectivity index (χ0) is 8.91. The maximum atomic E-state index is 12.2. The molecule has 1 aliphatic heterocycles. The zero-order valence-electron chi connectivity index (χ0n) is 4.85. The van der Waals surface area contributed by atoms with Crippen molar-refractivity contribution >= 4 is 10.1 Å². The fraction of sp³-hybridized carbons (Fsp3) is 1.00. The summed E-state index contributed by atoms with van der Waals surface area (Å²) in [6, 6.07) is 0. The second-order valence-electron chi connectivity index (χ2n) is 2.01. The van der Waals surface area contributed by atoms with Gasteiger partial charge in [0.1, 0.15) is 5.75 Å². The molecule has 11 heavy (non-hydrogen) atoms. The van der Waals surface area contributed by atoms with Gasteiger partial charge in [-0.1, -0.05) is 0 Å². The van der Waals surface area contributed by atoms with Crippen molar-refractivity contribution in [3.05, 3.63) is 0 Å². The van der Waals surface area contributed by atoms with Crippen LogP contribution in [0.4, 0.5) is 17.6 Å². The summed E-state index contributed by atoms with van der Waals surface area (Å²) in [5.41, 5.74) is 0. The van der Waals surface area contributed by atoms with Gasteiger partial charge in [-0.2, -0.15) is 26.0 Å². The van der Waals surface area contributed by atoms with Gasteiger partial charge in [0.15, 0.2) is 0 Å². The van der Waals surface area contributed by atoms with Gasteiger partial charge in [0, 0.05) is 0 Å². The molecule has 0 saturated carbocycles. The highest BCUT2D eigenvalue weighted by atomic mass is 32.2. The molecule has 1 unspecified atom stereocenters. The highest BCUT2D eigenvalue weighted by Crippen LogP contribution is 2.43. The zero-order valence-corrected chi connectivity index (χ0v) is 5.67. The van der Waals surface area contributed by atoms with E-state index >= 15 is 0 Å². The van der Waals surface area contributed by atoms with E-state index in [4.69, 9.17) is 0 Å². The van der Waals surface area contributed by atoms with Gasteiger partial charge in [0.05, 0.1) is 0 Å². The van der Waals surface area contributed by atoms with Crippen LogP contribution in [0.2, 0.25) is 0 Å². The third kappa shape index (κ3) is 1.32. The summed E-state index contributed by atoms with van der Waals surface area (Å²) in [7, 11) is -4.27. The molecule has 0 aromatic carbocycles. The lowest BCUT2D eigenvalue weighted by Gasteiger charge is -2.33. The number of halogens is 4. The Morgan fingerprint density at radius 1 is 1.36 bits per heavy atom. The van der Waals surface area contributed by atoms with Crippen molar-refractivity contribution in [1.82, 2.24) is 0 Å². The van der Waals surface area contributed by atoms with E-state index in [1.54, 1.807) is 0 Å². The Balaban J connectivity index is 2.79. The van der Waals surface area contributed by atoms with Gasteiger partial charge in [0.25, 0.3) is 10.1 Å². The molecule has 0 N–H and O–H groups in total. The van der Waals surface area contributed by atoms with Crippen LogP contribution in [0, 0.1) is 0 Å². The van der Waals surface area contributed by atoms with Crippen LogP contribution in [0.5, 0.6) is 0 Å². The first-order valence-electron chi connectivity index (χ1n) is 2.35. The summed E-state index contributed by atoms with van der Waals surface area (Å²) in [6.07, 6.45) is -5.28. The Morgan fingerprint density at radius 2 is 1.73 bits per heavy atom. The first-order valence-corrected chi connectivity index (χ1v) is 3.93. The average Bonchev–Trinajstić information content (AvgIpc) is 1.55. The predicted octanol–water partition coefficient (Wildman–Crippen LogP) is 0.575. The molecule has 1 fully saturated rings. The number of alkyl halides is 4. The molecule has 0 bridgehead atoms. The molecule has 0 spiro atoms. The quantitative estimate of drug-likeness (QED) is 0.418. The topological polar surface area (TPSA) is 43.4 Å². The summed E-state index contributed by atoms with van der Waals surface area (Å²) in [5.74, 6) is -5.64. The van der Waals surface area contributed by atoms with Gasteiger partial charge in [-0.15, -0.1) is 0 Å². The molecule has 1 saturated heterocycles. The van der Waals surface area contributed by atoms with Crippen molar-refractivity contribution in [2.75, 3.05) is 5.75 Å². The molecule has 0 amide bonds. The van der Waals surface area contributed by atoms with Crippen molar-refractivity contribution in [3.63, 3.8) is 0 Å². The monoisotopic (exact) mass is 194 g/mol. The fourth-order valence-corrected chi connectivity index (χ4v) is 1.65. The van der Waals surface area contributed by atoms with E-state index in [1.807, 2.05) is 0 Å². The van der Waals surface area contributed by atoms with Gasteiger partial charge in [-0.25, -0.2) is 4.18 Å². The van der Waals surface area contributed by atoms with Crippen LogP contribution < -0.4 is 0 Å². The maximum Gasteiger partial charge on any atom is 0.450 e. The van der Waals surface area contributed by atoms with Gasteiger partial charge in [-0.3, -0.25) is 0 Å². The lowest BCUT2D eigenvalue weighted by atomic mass is 10.3. The average molecular weight is 194 g/mol. The Bertz CT molecular complexity index is 253. The molecular weight excluding hydrogens is 192 g/mol. The largest absolute Gasteiger partial charge is 0.450 e. The Hall–Kier alpha value is -0.370. The summed E-state index contributed by atoms with van der Waals surface area (Å²) in [4.78, 5) is 0. The van der Waals surface area contributed by atoms with Crippen LogP contribution in [0.25, 0.3) is 0 Å². The van der Waals surface area contributed by atoms with E-state index in [1.165, 1.54) is 0 Å². The third-order valence-corrected chi connectivity index (χ3v) is 2.29. The molecule has 1 aliphatic rings. The van der Waals surface area contributed by atoms with E-state index in [9.17, 15) is 26.0 Å². The fourth-order valence-electron chi connectivity index (χ4n) is 0.551. The summed E-state index contributed by atoms with van der Waals surface area (Å²) in [6.45, 7) is 0. The Morgan fingerprint density at radius 3 is 1.82 bits per heavy atom. The smallest absolute Gasteiger partial charge is 0.219 e. The standard InChI is InChI=1S/C3H2F4O3S/c4-2(3(5,6)7)1-11(8,9)10-2/h1H2. The number of rotatable bonds is 0. The van der Waals surface area contributed by atoms with Crippen molar-refractivity contribution in [1.29, 1.82) is 0 Å². The molecule has 0 aromatic heterocycles. The molecule has 66 valence electrons. The number of hydrogen-bond donors (Lipinski definition) is 0. The van der Waals surface area contributed by atoms with Crippen molar-refractivity contribution in [2.24, 2.45) is 0 Å². The predicted molar refractivity (Wildman–Crippen MR) is 24.8 cm³/mol. The highest BCUT2D eigenvalue weighted by Gasteiger charge is 2.69. The molecule has 8 heteroatoms. The second-order valence-corrected chi connectivity index (χ2v) is 3.58. The Labute approximate surface area is 59.1 Å². The molecule has 1 atom stereocenters. The minimum absolute atomic E-state index is 1.65. The van der Waals surface area contributed by atoms with Crippen LogP contribution in [-0.2, 0) is 14.3 Å². The van der Waals surface area contributed by atoms with Crippen LogP contribution in [0.15, 0.2) is 0 Å². The highest BCUT2D eigenvalue weighted by molar-refractivity contribution is 7.88. The van der Waals surface area contributed by atoms with E-state index in [0.717, 1.165) is 0 Å². The van der Waals surface area contributed by atoms with Crippen molar-refractivity contribution in [3.8, 4) is 0 Å². The van der Waals surface area contributed by atoms with Gasteiger partial charge in [0.2, 0.25) is 0 Å². The molecule has 0 aliphatic carbocycles. The van der Waals surface area contributed by atoms with E-state index in [-0.39, 0.29) is 0 Å². The lowest BCUT2D eigenvalue weighted by molar-refractivity contribution is -0.305. The molecule has 3 nitrogen and oxygen atoms in total. The van der Waals surface area contributed by atoms with E-state index in [2.05, 4.69) is 4.18 Å². The SMILES string of the molecule is O=S1(=O)CC(F)(C(F)(F)F)O1. The van der Waals surface area contributed by atoms with Crippen LogP contribution in [0.3, 0.4) is 0 Å².